The average molecular weight is 369 g/mol. The highest BCUT2D eigenvalue weighted by Gasteiger charge is 2.16. The van der Waals surface area contributed by atoms with Gasteiger partial charge in [-0.15, -0.1) is 0 Å². The lowest BCUT2D eigenvalue weighted by Gasteiger charge is -2.22. The number of hydrogen-bond acceptors (Lipinski definition) is 3. The fraction of sp³-hybridized carbons (Fsp3) is 0.250. The molecule has 0 bridgehead atoms. The number of fused-ring (bicyclic) bond motifs is 1. The van der Waals surface area contributed by atoms with E-state index in [4.69, 9.17) is 21.1 Å². The predicted molar refractivity (Wildman–Crippen MR) is 88.6 cm³/mol. The van der Waals surface area contributed by atoms with Gasteiger partial charge in [0, 0.05) is 27.7 Å². The van der Waals surface area contributed by atoms with Crippen molar-refractivity contribution < 1.29 is 9.47 Å². The van der Waals surface area contributed by atoms with Crippen molar-refractivity contribution in [3.8, 4) is 11.5 Å². The Morgan fingerprint density at radius 3 is 2.38 bits per heavy atom. The molecule has 1 atom stereocenters. The van der Waals surface area contributed by atoms with Crippen LogP contribution in [0.1, 0.15) is 18.5 Å². The third-order valence-electron chi connectivity index (χ3n) is 3.37. The fourth-order valence-corrected chi connectivity index (χ4v) is 2.81. The maximum atomic E-state index is 5.92. The molecular formula is C16H15BrClNO2. The summed E-state index contributed by atoms with van der Waals surface area (Å²) in [6.07, 6.45) is 0. The molecule has 0 aromatic heterocycles. The fourth-order valence-electron chi connectivity index (χ4n) is 2.24. The number of ether oxygens (including phenoxy) is 2. The van der Waals surface area contributed by atoms with Crippen molar-refractivity contribution in [2.75, 3.05) is 18.5 Å². The molecule has 3 nitrogen and oxygen atoms in total. The van der Waals surface area contributed by atoms with Gasteiger partial charge in [-0.05, 0) is 40.5 Å². The molecule has 1 aliphatic rings. The summed E-state index contributed by atoms with van der Waals surface area (Å²) in [6, 6.07) is 11.9. The van der Waals surface area contributed by atoms with Gasteiger partial charge in [-0.3, -0.25) is 0 Å². The molecular weight excluding hydrogens is 354 g/mol. The van der Waals surface area contributed by atoms with Crippen LogP contribution < -0.4 is 14.8 Å². The second-order valence-corrected chi connectivity index (χ2v) is 6.18. The van der Waals surface area contributed by atoms with E-state index in [2.05, 4.69) is 28.2 Å². The lowest BCUT2D eigenvalue weighted by atomic mass is 10.1. The Morgan fingerprint density at radius 1 is 1.10 bits per heavy atom. The molecule has 3 rings (SSSR count). The standard InChI is InChI=1S/C16H15BrClNO2/c1-10(11-2-4-12(18)5-3-11)19-14-9-16-15(8-13(14)17)20-6-7-21-16/h2-5,8-10,19H,6-7H2,1H3. The first kappa shape index (κ1) is 14.5. The van der Waals surface area contributed by atoms with E-state index in [1.165, 1.54) is 5.56 Å². The van der Waals surface area contributed by atoms with Crippen LogP contribution >= 0.6 is 27.5 Å². The Hall–Kier alpha value is -1.39. The monoisotopic (exact) mass is 367 g/mol. The van der Waals surface area contributed by atoms with Gasteiger partial charge in [0.1, 0.15) is 13.2 Å². The first-order valence-electron chi connectivity index (χ1n) is 6.74. The molecule has 2 aromatic carbocycles. The highest BCUT2D eigenvalue weighted by Crippen LogP contribution is 2.39. The minimum Gasteiger partial charge on any atom is -0.486 e. The van der Waals surface area contributed by atoms with E-state index in [1.807, 2.05) is 36.4 Å². The maximum absolute atomic E-state index is 5.92. The summed E-state index contributed by atoms with van der Waals surface area (Å²) in [5.41, 5.74) is 2.14. The van der Waals surface area contributed by atoms with Gasteiger partial charge in [-0.1, -0.05) is 23.7 Å². The number of anilines is 1. The van der Waals surface area contributed by atoms with Gasteiger partial charge in [0.05, 0.1) is 5.69 Å². The van der Waals surface area contributed by atoms with Crippen LogP contribution in [0.3, 0.4) is 0 Å². The molecule has 2 aromatic rings. The molecule has 0 saturated heterocycles. The van der Waals surface area contributed by atoms with Crippen molar-refractivity contribution in [3.63, 3.8) is 0 Å². The van der Waals surface area contributed by atoms with Crippen LogP contribution in [0.25, 0.3) is 0 Å². The molecule has 1 unspecified atom stereocenters. The minimum absolute atomic E-state index is 0.154. The largest absolute Gasteiger partial charge is 0.486 e. The third kappa shape index (κ3) is 3.27. The Kier molecular flexibility index (Phi) is 4.27. The lowest BCUT2D eigenvalue weighted by molar-refractivity contribution is 0.171. The van der Waals surface area contributed by atoms with Crippen molar-refractivity contribution in [3.05, 3.63) is 51.5 Å². The summed E-state index contributed by atoms with van der Waals surface area (Å²) in [4.78, 5) is 0. The smallest absolute Gasteiger partial charge is 0.163 e. The van der Waals surface area contributed by atoms with Crippen LogP contribution in [0.2, 0.25) is 5.02 Å². The minimum atomic E-state index is 0.154. The van der Waals surface area contributed by atoms with Crippen LogP contribution in [0.5, 0.6) is 11.5 Å². The molecule has 21 heavy (non-hydrogen) atoms. The molecule has 1 heterocycles. The van der Waals surface area contributed by atoms with Crippen molar-refractivity contribution in [1.29, 1.82) is 0 Å². The van der Waals surface area contributed by atoms with E-state index in [0.29, 0.717) is 13.2 Å². The van der Waals surface area contributed by atoms with Crippen molar-refractivity contribution in [2.24, 2.45) is 0 Å². The molecule has 0 aliphatic carbocycles. The number of nitrogens with one attached hydrogen (secondary N) is 1. The Morgan fingerprint density at radius 2 is 1.71 bits per heavy atom. The maximum Gasteiger partial charge on any atom is 0.163 e. The zero-order valence-corrected chi connectivity index (χ0v) is 13.9. The van der Waals surface area contributed by atoms with E-state index >= 15 is 0 Å². The number of halogens is 2. The van der Waals surface area contributed by atoms with Gasteiger partial charge in [0.25, 0.3) is 0 Å². The van der Waals surface area contributed by atoms with Crippen molar-refractivity contribution in [2.45, 2.75) is 13.0 Å². The number of rotatable bonds is 3. The van der Waals surface area contributed by atoms with Gasteiger partial charge in [0.2, 0.25) is 0 Å². The van der Waals surface area contributed by atoms with Gasteiger partial charge in [0.15, 0.2) is 11.5 Å². The summed E-state index contributed by atoms with van der Waals surface area (Å²) in [7, 11) is 0. The van der Waals surface area contributed by atoms with Crippen molar-refractivity contribution in [1.82, 2.24) is 0 Å². The molecule has 0 spiro atoms. The number of hydrogen-bond donors (Lipinski definition) is 1. The van der Waals surface area contributed by atoms with Crippen LogP contribution in [-0.2, 0) is 0 Å². The summed E-state index contributed by atoms with van der Waals surface area (Å²) < 4.78 is 12.1. The number of benzene rings is 2. The van der Waals surface area contributed by atoms with Gasteiger partial charge in [-0.25, -0.2) is 0 Å². The molecule has 110 valence electrons. The lowest BCUT2D eigenvalue weighted by Crippen LogP contribution is -2.16. The van der Waals surface area contributed by atoms with E-state index in [0.717, 1.165) is 26.7 Å². The SMILES string of the molecule is CC(Nc1cc2c(cc1Br)OCCO2)c1ccc(Cl)cc1. The second kappa shape index (κ2) is 6.16. The van der Waals surface area contributed by atoms with Crippen LogP contribution in [0.15, 0.2) is 40.9 Å². The van der Waals surface area contributed by atoms with E-state index in [-0.39, 0.29) is 6.04 Å². The summed E-state index contributed by atoms with van der Waals surface area (Å²) in [5, 5.41) is 4.21. The summed E-state index contributed by atoms with van der Waals surface area (Å²) in [5.74, 6) is 1.55. The van der Waals surface area contributed by atoms with E-state index < -0.39 is 0 Å². The van der Waals surface area contributed by atoms with E-state index in [9.17, 15) is 0 Å². The van der Waals surface area contributed by atoms with Gasteiger partial charge in [-0.2, -0.15) is 0 Å². The zero-order chi connectivity index (χ0) is 14.8. The first-order valence-corrected chi connectivity index (χ1v) is 7.92. The normalized spacial score (nSPS) is 14.6. The Labute approximate surface area is 137 Å². The predicted octanol–water partition coefficient (Wildman–Crippen LogP) is 5.05. The van der Waals surface area contributed by atoms with Crippen molar-refractivity contribution >= 4 is 33.2 Å². The highest BCUT2D eigenvalue weighted by molar-refractivity contribution is 9.10. The molecule has 0 fully saturated rings. The molecule has 0 amide bonds. The van der Waals surface area contributed by atoms with Gasteiger partial charge >= 0.3 is 0 Å². The summed E-state index contributed by atoms with van der Waals surface area (Å²) in [6.45, 7) is 3.28. The third-order valence-corrected chi connectivity index (χ3v) is 4.28. The second-order valence-electron chi connectivity index (χ2n) is 4.89. The zero-order valence-electron chi connectivity index (χ0n) is 11.5. The van der Waals surface area contributed by atoms with Crippen LogP contribution in [0, 0.1) is 0 Å². The Bertz CT molecular complexity index is 645. The molecule has 0 radical (unpaired) electrons. The molecule has 5 heteroatoms. The molecule has 1 aliphatic heterocycles. The van der Waals surface area contributed by atoms with Gasteiger partial charge < -0.3 is 14.8 Å². The van der Waals surface area contributed by atoms with E-state index in [1.54, 1.807) is 0 Å². The first-order chi connectivity index (χ1) is 10.1. The quantitative estimate of drug-likeness (QED) is 0.822. The topological polar surface area (TPSA) is 30.5 Å². The highest BCUT2D eigenvalue weighted by atomic mass is 79.9. The molecule has 0 saturated carbocycles. The molecule has 1 N–H and O–H groups in total. The average Bonchev–Trinajstić information content (AvgIpc) is 2.48. The Balaban J connectivity index is 1.82. The summed E-state index contributed by atoms with van der Waals surface area (Å²) >= 11 is 9.49. The van der Waals surface area contributed by atoms with Crippen LogP contribution in [-0.4, -0.2) is 13.2 Å². The van der Waals surface area contributed by atoms with Crippen LogP contribution in [0.4, 0.5) is 5.69 Å².